The molecule has 0 aliphatic heterocycles. The second-order valence-electron chi connectivity index (χ2n) is 3.02. The third kappa shape index (κ3) is 3.49. The lowest BCUT2D eigenvalue weighted by Crippen LogP contribution is -2.05. The molecule has 1 N–H and O–H groups in total. The van der Waals surface area contributed by atoms with Gasteiger partial charge < -0.3 is 5.11 Å². The van der Waals surface area contributed by atoms with E-state index in [-0.39, 0.29) is 22.2 Å². The minimum absolute atomic E-state index is 0.145. The second kappa shape index (κ2) is 4.16. The molecule has 0 aromatic carbocycles. The number of hydrogen-bond acceptors (Lipinski definition) is 4. The lowest BCUT2D eigenvalue weighted by Gasteiger charge is -2.01. The van der Waals surface area contributed by atoms with Crippen molar-refractivity contribution in [3.63, 3.8) is 0 Å². The highest BCUT2D eigenvalue weighted by molar-refractivity contribution is 7.89. The van der Waals surface area contributed by atoms with Crippen LogP contribution in [-0.4, -0.2) is 30.7 Å². The number of carbonyl (C=O) groups is 1. The maximum Gasteiger partial charge on any atom is 0.338 e. The molecule has 0 aliphatic carbocycles. The van der Waals surface area contributed by atoms with Gasteiger partial charge in [0.05, 0.1) is 17.0 Å². The van der Waals surface area contributed by atoms with Gasteiger partial charge in [-0.25, -0.2) is 18.2 Å². The SMILES string of the molecule is CS(=O)(=O)Cc1ccc(C(=O)O)c(Cl)n1. The highest BCUT2D eigenvalue weighted by atomic mass is 35.5. The topological polar surface area (TPSA) is 84.3 Å². The first-order valence-electron chi connectivity index (χ1n) is 3.86. The van der Waals surface area contributed by atoms with Gasteiger partial charge in [0.15, 0.2) is 9.84 Å². The van der Waals surface area contributed by atoms with E-state index >= 15 is 0 Å². The molecule has 0 fully saturated rings. The number of halogens is 1. The largest absolute Gasteiger partial charge is 0.478 e. The number of aromatic carboxylic acids is 1. The Kier molecular flexibility index (Phi) is 3.31. The van der Waals surface area contributed by atoms with E-state index < -0.39 is 15.8 Å². The average molecular weight is 250 g/mol. The number of sulfone groups is 1. The van der Waals surface area contributed by atoms with Crippen molar-refractivity contribution in [2.75, 3.05) is 6.26 Å². The maximum absolute atomic E-state index is 10.9. The average Bonchev–Trinajstić information content (AvgIpc) is 1.99. The summed E-state index contributed by atoms with van der Waals surface area (Å²) in [5, 5.41) is 8.44. The van der Waals surface area contributed by atoms with Crippen molar-refractivity contribution in [1.82, 2.24) is 4.98 Å². The molecule has 1 rings (SSSR count). The third-order valence-electron chi connectivity index (χ3n) is 1.55. The fraction of sp³-hybridized carbons (Fsp3) is 0.250. The van der Waals surface area contributed by atoms with Crippen LogP contribution in [0.15, 0.2) is 12.1 Å². The van der Waals surface area contributed by atoms with E-state index in [0.717, 1.165) is 6.26 Å². The Bertz CT molecular complexity index is 497. The third-order valence-corrected chi connectivity index (χ3v) is 2.66. The first kappa shape index (κ1) is 11.9. The van der Waals surface area contributed by atoms with E-state index in [0.29, 0.717) is 0 Å². The number of nitrogens with zero attached hydrogens (tertiary/aromatic N) is 1. The van der Waals surface area contributed by atoms with Crippen LogP contribution in [0.5, 0.6) is 0 Å². The number of carboxylic acid groups (broad SMARTS) is 1. The molecule has 0 saturated carbocycles. The minimum Gasteiger partial charge on any atom is -0.478 e. The quantitative estimate of drug-likeness (QED) is 0.807. The normalized spacial score (nSPS) is 11.3. The predicted octanol–water partition coefficient (Wildman–Crippen LogP) is 0.978. The zero-order chi connectivity index (χ0) is 11.6. The summed E-state index contributed by atoms with van der Waals surface area (Å²) in [5.41, 5.74) is 0.0846. The molecule has 5 nitrogen and oxygen atoms in total. The Labute approximate surface area is 91.6 Å². The van der Waals surface area contributed by atoms with Gasteiger partial charge in [0, 0.05) is 6.26 Å². The fourth-order valence-electron chi connectivity index (χ4n) is 0.980. The molecule has 1 aromatic heterocycles. The molecular weight excluding hydrogens is 242 g/mol. The van der Waals surface area contributed by atoms with E-state index in [1.165, 1.54) is 12.1 Å². The lowest BCUT2D eigenvalue weighted by atomic mass is 10.2. The standard InChI is InChI=1S/C8H8ClNO4S/c1-15(13,14)4-5-2-3-6(8(11)12)7(9)10-5/h2-3H,4H2,1H3,(H,11,12). The van der Waals surface area contributed by atoms with E-state index in [1.807, 2.05) is 0 Å². The molecule has 0 aliphatic rings. The predicted molar refractivity (Wildman–Crippen MR) is 54.8 cm³/mol. The van der Waals surface area contributed by atoms with Gasteiger partial charge in [0.2, 0.25) is 0 Å². The molecule has 15 heavy (non-hydrogen) atoms. The first-order chi connectivity index (χ1) is 6.79. The molecule has 0 radical (unpaired) electrons. The van der Waals surface area contributed by atoms with Crippen molar-refractivity contribution in [1.29, 1.82) is 0 Å². The summed E-state index contributed by atoms with van der Waals surface area (Å²) in [6.07, 6.45) is 1.06. The van der Waals surface area contributed by atoms with Gasteiger partial charge in [-0.3, -0.25) is 0 Å². The summed E-state index contributed by atoms with van der Waals surface area (Å²) in [6, 6.07) is 2.56. The summed E-state index contributed by atoms with van der Waals surface area (Å²) in [4.78, 5) is 14.3. The van der Waals surface area contributed by atoms with Gasteiger partial charge >= 0.3 is 5.97 Å². The van der Waals surface area contributed by atoms with E-state index in [9.17, 15) is 13.2 Å². The van der Waals surface area contributed by atoms with Gasteiger partial charge in [0.1, 0.15) is 5.15 Å². The Morgan fingerprint density at radius 1 is 1.53 bits per heavy atom. The molecular formula is C8H8ClNO4S. The van der Waals surface area contributed by atoms with Crippen molar-refractivity contribution in [2.24, 2.45) is 0 Å². The van der Waals surface area contributed by atoms with E-state index in [4.69, 9.17) is 16.7 Å². The van der Waals surface area contributed by atoms with Crippen LogP contribution < -0.4 is 0 Å². The summed E-state index contributed by atoms with van der Waals surface area (Å²) in [6.45, 7) is 0. The van der Waals surface area contributed by atoms with Crippen LogP contribution in [0.3, 0.4) is 0 Å². The zero-order valence-corrected chi connectivity index (χ0v) is 9.34. The highest BCUT2D eigenvalue weighted by Gasteiger charge is 2.12. The summed E-state index contributed by atoms with van der Waals surface area (Å²) in [7, 11) is -3.20. The van der Waals surface area contributed by atoms with Gasteiger partial charge in [-0.05, 0) is 12.1 Å². The van der Waals surface area contributed by atoms with Crippen molar-refractivity contribution in [3.8, 4) is 0 Å². The molecule has 0 spiro atoms. The molecule has 0 bridgehead atoms. The monoisotopic (exact) mass is 249 g/mol. The number of pyridine rings is 1. The number of hydrogen-bond donors (Lipinski definition) is 1. The zero-order valence-electron chi connectivity index (χ0n) is 7.77. The summed E-state index contributed by atoms with van der Waals surface area (Å²) >= 11 is 5.57. The van der Waals surface area contributed by atoms with Crippen LogP contribution in [0.1, 0.15) is 16.1 Å². The second-order valence-corrected chi connectivity index (χ2v) is 5.51. The van der Waals surface area contributed by atoms with Gasteiger partial charge in [0.25, 0.3) is 0 Å². The van der Waals surface area contributed by atoms with E-state index in [2.05, 4.69) is 4.98 Å². The number of rotatable bonds is 3. The molecule has 1 aromatic rings. The Balaban J connectivity index is 3.07. The van der Waals surface area contributed by atoms with Crippen LogP contribution in [0, 0.1) is 0 Å². The molecule has 0 saturated heterocycles. The van der Waals surface area contributed by atoms with Gasteiger partial charge in [-0.15, -0.1) is 0 Å². The molecule has 0 atom stereocenters. The fourth-order valence-corrected chi connectivity index (χ4v) is 1.93. The molecule has 1 heterocycles. The Morgan fingerprint density at radius 2 is 2.13 bits per heavy atom. The van der Waals surface area contributed by atoms with Crippen molar-refractivity contribution in [3.05, 3.63) is 28.5 Å². The smallest absolute Gasteiger partial charge is 0.338 e. The van der Waals surface area contributed by atoms with Crippen LogP contribution in [0.4, 0.5) is 0 Å². The van der Waals surface area contributed by atoms with Crippen LogP contribution in [-0.2, 0) is 15.6 Å². The van der Waals surface area contributed by atoms with Gasteiger partial charge in [-0.2, -0.15) is 0 Å². The molecule has 7 heteroatoms. The summed E-state index contributed by atoms with van der Waals surface area (Å²) < 4.78 is 21.9. The molecule has 82 valence electrons. The van der Waals surface area contributed by atoms with Crippen molar-refractivity contribution < 1.29 is 18.3 Å². The summed E-state index contributed by atoms with van der Waals surface area (Å²) in [5.74, 6) is -1.45. The Hall–Kier alpha value is -1.14. The lowest BCUT2D eigenvalue weighted by molar-refractivity contribution is 0.0696. The van der Waals surface area contributed by atoms with Gasteiger partial charge in [-0.1, -0.05) is 11.6 Å². The van der Waals surface area contributed by atoms with E-state index in [1.54, 1.807) is 0 Å². The number of aromatic nitrogens is 1. The van der Waals surface area contributed by atoms with Crippen molar-refractivity contribution in [2.45, 2.75) is 5.75 Å². The molecule has 0 unspecified atom stereocenters. The van der Waals surface area contributed by atoms with Crippen LogP contribution in [0.25, 0.3) is 0 Å². The van der Waals surface area contributed by atoms with Crippen LogP contribution in [0.2, 0.25) is 5.15 Å². The highest BCUT2D eigenvalue weighted by Crippen LogP contribution is 2.14. The molecule has 0 amide bonds. The van der Waals surface area contributed by atoms with Crippen molar-refractivity contribution >= 4 is 27.4 Å². The Morgan fingerprint density at radius 3 is 2.53 bits per heavy atom. The number of carboxylic acids is 1. The van der Waals surface area contributed by atoms with Crippen LogP contribution >= 0.6 is 11.6 Å². The first-order valence-corrected chi connectivity index (χ1v) is 6.30. The maximum atomic E-state index is 10.9. The minimum atomic E-state index is -3.20.